The highest BCUT2D eigenvalue weighted by molar-refractivity contribution is 5.77. The molecule has 0 radical (unpaired) electrons. The molecule has 2 aliphatic heterocycles. The highest BCUT2D eigenvalue weighted by atomic mass is 16.5. The number of amides is 1. The lowest BCUT2D eigenvalue weighted by Gasteiger charge is -2.29. The summed E-state index contributed by atoms with van der Waals surface area (Å²) in [4.78, 5) is 13.4. The van der Waals surface area contributed by atoms with E-state index in [0.29, 0.717) is 38.1 Å². The molecule has 6 nitrogen and oxygen atoms in total. The molecule has 1 saturated heterocycles. The van der Waals surface area contributed by atoms with E-state index in [1.165, 1.54) is 0 Å². The van der Waals surface area contributed by atoms with Gasteiger partial charge in [0.1, 0.15) is 0 Å². The molecule has 0 saturated carbocycles. The van der Waals surface area contributed by atoms with Crippen LogP contribution in [0.4, 0.5) is 0 Å². The molecule has 0 aliphatic carbocycles. The zero-order valence-corrected chi connectivity index (χ0v) is 15.4. The standard InChI is InChI=1S/C22H20N4O2/c23-10-14-1-3-15(4-2-14)19-8-17(7-18-11-26(13-24)12-20(18)19)21-9-16(22(25)27)5-6-28-21/h1-4,7-8,16,21H,5-6,9,11-12H2,(H2,25,27). The van der Waals surface area contributed by atoms with Crippen LogP contribution in [-0.2, 0) is 22.6 Å². The number of rotatable bonds is 3. The van der Waals surface area contributed by atoms with Crippen LogP contribution < -0.4 is 5.73 Å². The number of primary amides is 1. The third kappa shape index (κ3) is 3.31. The van der Waals surface area contributed by atoms with Crippen molar-refractivity contribution in [1.82, 2.24) is 4.90 Å². The van der Waals surface area contributed by atoms with Gasteiger partial charge in [-0.25, -0.2) is 0 Å². The van der Waals surface area contributed by atoms with E-state index in [-0.39, 0.29) is 17.9 Å². The molecule has 28 heavy (non-hydrogen) atoms. The molecule has 2 atom stereocenters. The van der Waals surface area contributed by atoms with Gasteiger partial charge in [-0.05, 0) is 58.9 Å². The van der Waals surface area contributed by atoms with Gasteiger partial charge in [0.2, 0.25) is 5.91 Å². The zero-order valence-electron chi connectivity index (χ0n) is 15.4. The maximum atomic E-state index is 11.6. The summed E-state index contributed by atoms with van der Waals surface area (Å²) >= 11 is 0. The van der Waals surface area contributed by atoms with Gasteiger partial charge in [0.25, 0.3) is 0 Å². The van der Waals surface area contributed by atoms with E-state index in [0.717, 1.165) is 27.8 Å². The molecule has 2 N–H and O–H groups in total. The van der Waals surface area contributed by atoms with Crippen LogP contribution in [0.15, 0.2) is 36.4 Å². The second-order valence-electron chi connectivity index (χ2n) is 7.33. The highest BCUT2D eigenvalue weighted by Gasteiger charge is 2.30. The van der Waals surface area contributed by atoms with Crippen molar-refractivity contribution in [2.24, 2.45) is 11.7 Å². The molecule has 2 heterocycles. The van der Waals surface area contributed by atoms with Gasteiger partial charge in [0.15, 0.2) is 6.19 Å². The van der Waals surface area contributed by atoms with E-state index in [1.54, 1.807) is 17.0 Å². The Morgan fingerprint density at radius 3 is 2.64 bits per heavy atom. The number of hydrogen-bond acceptors (Lipinski definition) is 5. The van der Waals surface area contributed by atoms with Gasteiger partial charge < -0.3 is 15.4 Å². The molecule has 4 rings (SSSR count). The Morgan fingerprint density at radius 1 is 1.18 bits per heavy atom. The Morgan fingerprint density at radius 2 is 1.96 bits per heavy atom. The Hall–Kier alpha value is -3.35. The Bertz CT molecular complexity index is 1000. The van der Waals surface area contributed by atoms with Crippen LogP contribution >= 0.6 is 0 Å². The first-order valence-electron chi connectivity index (χ1n) is 9.31. The van der Waals surface area contributed by atoms with Crippen LogP contribution in [0, 0.1) is 28.7 Å². The Balaban J connectivity index is 1.76. The van der Waals surface area contributed by atoms with Crippen LogP contribution in [0.2, 0.25) is 0 Å². The lowest BCUT2D eigenvalue weighted by molar-refractivity contribution is -0.126. The van der Waals surface area contributed by atoms with Gasteiger partial charge >= 0.3 is 0 Å². The largest absolute Gasteiger partial charge is 0.373 e. The Kier molecular flexibility index (Phi) is 4.73. The number of nitrogens with two attached hydrogens (primary N) is 1. The summed E-state index contributed by atoms with van der Waals surface area (Å²) in [5, 5.41) is 18.4. The number of fused-ring (bicyclic) bond motifs is 1. The number of ether oxygens (including phenoxy) is 1. The quantitative estimate of drug-likeness (QED) is 0.834. The minimum atomic E-state index is -0.280. The maximum Gasteiger partial charge on any atom is 0.220 e. The fraction of sp³-hybridized carbons (Fsp3) is 0.318. The minimum Gasteiger partial charge on any atom is -0.373 e. The number of hydrogen-bond donors (Lipinski definition) is 1. The lowest BCUT2D eigenvalue weighted by atomic mass is 9.87. The maximum absolute atomic E-state index is 11.6. The van der Waals surface area contributed by atoms with Crippen LogP contribution in [0.5, 0.6) is 0 Å². The molecule has 6 heteroatoms. The molecule has 2 unspecified atom stereocenters. The second kappa shape index (κ2) is 7.34. The molecule has 0 bridgehead atoms. The third-order valence-corrected chi connectivity index (χ3v) is 5.60. The van der Waals surface area contributed by atoms with Crippen molar-refractivity contribution in [3.05, 3.63) is 58.7 Å². The monoisotopic (exact) mass is 372 g/mol. The van der Waals surface area contributed by atoms with E-state index >= 15 is 0 Å². The number of nitrogens with zero attached hydrogens (tertiary/aromatic N) is 3. The summed E-state index contributed by atoms with van der Waals surface area (Å²) in [6.07, 6.45) is 3.26. The average molecular weight is 372 g/mol. The van der Waals surface area contributed by atoms with Crippen molar-refractivity contribution >= 4 is 5.91 Å². The van der Waals surface area contributed by atoms with Gasteiger partial charge in [-0.15, -0.1) is 0 Å². The first kappa shape index (κ1) is 18.0. The van der Waals surface area contributed by atoms with Gasteiger partial charge in [0.05, 0.1) is 30.8 Å². The highest BCUT2D eigenvalue weighted by Crippen LogP contribution is 2.39. The summed E-state index contributed by atoms with van der Waals surface area (Å²) in [6.45, 7) is 1.64. The van der Waals surface area contributed by atoms with Gasteiger partial charge in [0, 0.05) is 12.5 Å². The van der Waals surface area contributed by atoms with Gasteiger partial charge in [-0.1, -0.05) is 18.2 Å². The molecule has 2 aromatic carbocycles. The van der Waals surface area contributed by atoms with Gasteiger partial charge in [-0.3, -0.25) is 4.79 Å². The van der Waals surface area contributed by atoms with Crippen LogP contribution in [0.3, 0.4) is 0 Å². The SMILES string of the molecule is N#Cc1ccc(-c2cc(C3CC(C(N)=O)CCO3)cc3c2CN(C#N)C3)cc1. The summed E-state index contributed by atoms with van der Waals surface area (Å²) in [6, 6.07) is 13.8. The average Bonchev–Trinajstić information content (AvgIpc) is 3.16. The number of carbonyl (C=O) groups is 1. The molecular weight excluding hydrogens is 352 g/mol. The van der Waals surface area contributed by atoms with Crippen molar-refractivity contribution in [1.29, 1.82) is 10.5 Å². The van der Waals surface area contributed by atoms with E-state index in [1.807, 2.05) is 12.1 Å². The van der Waals surface area contributed by atoms with Gasteiger partial charge in [-0.2, -0.15) is 10.5 Å². The molecule has 1 amide bonds. The van der Waals surface area contributed by atoms with Crippen molar-refractivity contribution in [3.63, 3.8) is 0 Å². The predicted molar refractivity (Wildman–Crippen MR) is 102 cm³/mol. The molecule has 1 fully saturated rings. The third-order valence-electron chi connectivity index (χ3n) is 5.60. The Labute approximate surface area is 163 Å². The zero-order chi connectivity index (χ0) is 19.7. The first-order chi connectivity index (χ1) is 13.6. The first-order valence-corrected chi connectivity index (χ1v) is 9.31. The second-order valence-corrected chi connectivity index (χ2v) is 7.33. The van der Waals surface area contributed by atoms with Crippen LogP contribution in [-0.4, -0.2) is 17.4 Å². The van der Waals surface area contributed by atoms with Crippen molar-refractivity contribution in [2.75, 3.05) is 6.61 Å². The van der Waals surface area contributed by atoms with Crippen molar-refractivity contribution in [3.8, 4) is 23.4 Å². The molecule has 2 aromatic rings. The fourth-order valence-corrected chi connectivity index (χ4v) is 4.06. The molecular formula is C22H20N4O2. The van der Waals surface area contributed by atoms with E-state index < -0.39 is 0 Å². The van der Waals surface area contributed by atoms with E-state index in [4.69, 9.17) is 15.7 Å². The molecule has 0 aromatic heterocycles. The van der Waals surface area contributed by atoms with Crippen LogP contribution in [0.25, 0.3) is 11.1 Å². The summed E-state index contributed by atoms with van der Waals surface area (Å²) < 4.78 is 5.96. The summed E-state index contributed by atoms with van der Waals surface area (Å²) in [5.41, 5.74) is 11.4. The number of nitriles is 2. The normalized spacial score (nSPS) is 20.9. The minimum absolute atomic E-state index is 0.180. The lowest BCUT2D eigenvalue weighted by Crippen LogP contribution is -2.30. The number of benzene rings is 2. The molecule has 140 valence electrons. The number of carbonyl (C=O) groups excluding carboxylic acids is 1. The van der Waals surface area contributed by atoms with Crippen LogP contribution in [0.1, 0.15) is 41.2 Å². The smallest absolute Gasteiger partial charge is 0.220 e. The topological polar surface area (TPSA) is 103 Å². The fourth-order valence-electron chi connectivity index (χ4n) is 4.06. The van der Waals surface area contributed by atoms with Crippen molar-refractivity contribution in [2.45, 2.75) is 32.0 Å². The summed E-state index contributed by atoms with van der Waals surface area (Å²) in [5.74, 6) is -0.460. The van der Waals surface area contributed by atoms with E-state index in [9.17, 15) is 10.1 Å². The summed E-state index contributed by atoms with van der Waals surface area (Å²) in [7, 11) is 0. The molecule has 0 spiro atoms. The predicted octanol–water partition coefficient (Wildman–Crippen LogP) is 2.97. The molecule has 2 aliphatic rings. The van der Waals surface area contributed by atoms with E-state index in [2.05, 4.69) is 24.4 Å². The van der Waals surface area contributed by atoms with Crippen molar-refractivity contribution < 1.29 is 9.53 Å².